The number of carbonyl (C=O) groups excluding carboxylic acids is 1. The van der Waals surface area contributed by atoms with Crippen LogP contribution in [0.25, 0.3) is 0 Å². The second-order valence-corrected chi connectivity index (χ2v) is 5.63. The fourth-order valence-corrected chi connectivity index (χ4v) is 3.23. The van der Waals surface area contributed by atoms with Crippen LogP contribution in [0.4, 0.5) is 0 Å². The number of hydrogen-bond acceptors (Lipinski definition) is 3. The SMILES string of the molecule is O=C(O)[C@@H]1CN(C(=O)[C@@H]2CCCc3ccccc32)CCO1. The van der Waals surface area contributed by atoms with Crippen molar-refractivity contribution in [2.45, 2.75) is 31.3 Å². The number of nitrogens with zero attached hydrogens (tertiary/aromatic N) is 1. The monoisotopic (exact) mass is 289 g/mol. The summed E-state index contributed by atoms with van der Waals surface area (Å²) < 4.78 is 5.18. The maximum atomic E-state index is 12.8. The van der Waals surface area contributed by atoms with Gasteiger partial charge in [0.1, 0.15) is 0 Å². The van der Waals surface area contributed by atoms with Gasteiger partial charge in [-0.1, -0.05) is 24.3 Å². The van der Waals surface area contributed by atoms with Crippen LogP contribution in [0.3, 0.4) is 0 Å². The Morgan fingerprint density at radius 1 is 1.29 bits per heavy atom. The molecule has 1 heterocycles. The summed E-state index contributed by atoms with van der Waals surface area (Å²) in [5, 5.41) is 9.04. The van der Waals surface area contributed by atoms with E-state index in [0.29, 0.717) is 6.54 Å². The molecule has 1 aromatic rings. The van der Waals surface area contributed by atoms with Crippen LogP contribution in [0.5, 0.6) is 0 Å². The number of hydrogen-bond donors (Lipinski definition) is 1. The molecule has 1 amide bonds. The Morgan fingerprint density at radius 3 is 2.90 bits per heavy atom. The van der Waals surface area contributed by atoms with Gasteiger partial charge in [0.2, 0.25) is 5.91 Å². The fourth-order valence-electron chi connectivity index (χ4n) is 3.23. The van der Waals surface area contributed by atoms with Gasteiger partial charge < -0.3 is 14.7 Å². The number of carboxylic acid groups (broad SMARTS) is 1. The fraction of sp³-hybridized carbons (Fsp3) is 0.500. The number of morpholine rings is 1. The molecule has 0 bridgehead atoms. The molecule has 1 aliphatic heterocycles. The molecule has 3 rings (SSSR count). The molecule has 1 aromatic carbocycles. The third kappa shape index (κ3) is 2.78. The first-order chi connectivity index (χ1) is 10.2. The highest BCUT2D eigenvalue weighted by Crippen LogP contribution is 2.33. The van der Waals surface area contributed by atoms with E-state index in [1.807, 2.05) is 18.2 Å². The van der Waals surface area contributed by atoms with Crippen molar-refractivity contribution in [2.24, 2.45) is 0 Å². The zero-order valence-electron chi connectivity index (χ0n) is 11.8. The van der Waals surface area contributed by atoms with Gasteiger partial charge >= 0.3 is 5.97 Å². The predicted octanol–water partition coefficient (Wildman–Crippen LogP) is 1.42. The minimum atomic E-state index is -1.00. The van der Waals surface area contributed by atoms with Crippen LogP contribution < -0.4 is 0 Å². The summed E-state index contributed by atoms with van der Waals surface area (Å²) in [6.07, 6.45) is 1.95. The Bertz CT molecular complexity index is 557. The molecule has 0 spiro atoms. The zero-order chi connectivity index (χ0) is 14.8. The average Bonchev–Trinajstić information content (AvgIpc) is 2.53. The summed E-state index contributed by atoms with van der Waals surface area (Å²) in [6.45, 7) is 0.908. The third-order valence-corrected chi connectivity index (χ3v) is 4.32. The molecule has 0 radical (unpaired) electrons. The molecule has 1 aliphatic carbocycles. The molecule has 0 unspecified atom stereocenters. The smallest absolute Gasteiger partial charge is 0.334 e. The maximum Gasteiger partial charge on any atom is 0.334 e. The van der Waals surface area contributed by atoms with E-state index in [9.17, 15) is 9.59 Å². The van der Waals surface area contributed by atoms with Crippen molar-refractivity contribution in [2.75, 3.05) is 19.7 Å². The third-order valence-electron chi connectivity index (χ3n) is 4.32. The highest BCUT2D eigenvalue weighted by atomic mass is 16.5. The average molecular weight is 289 g/mol. The number of benzene rings is 1. The molecular weight excluding hydrogens is 270 g/mol. The number of fused-ring (bicyclic) bond motifs is 1. The van der Waals surface area contributed by atoms with Gasteiger partial charge in [0.15, 0.2) is 6.10 Å². The molecule has 2 aliphatic rings. The highest BCUT2D eigenvalue weighted by molar-refractivity contribution is 5.85. The summed E-state index contributed by atoms with van der Waals surface area (Å²) >= 11 is 0. The first-order valence-corrected chi connectivity index (χ1v) is 7.38. The summed E-state index contributed by atoms with van der Waals surface area (Å²) in [6, 6.07) is 8.06. The van der Waals surface area contributed by atoms with Crippen molar-refractivity contribution in [3.63, 3.8) is 0 Å². The maximum absolute atomic E-state index is 12.8. The van der Waals surface area contributed by atoms with E-state index in [1.165, 1.54) is 5.56 Å². The number of rotatable bonds is 2. The standard InChI is InChI=1S/C16H19NO4/c18-15(17-8-9-21-14(10-17)16(19)20)13-7-3-5-11-4-1-2-6-12(11)13/h1-2,4,6,13-14H,3,5,7-10H2,(H,19,20)/t13-,14+/m1/s1. The predicted molar refractivity (Wildman–Crippen MR) is 76.1 cm³/mol. The van der Waals surface area contributed by atoms with Crippen molar-refractivity contribution in [3.05, 3.63) is 35.4 Å². The number of amides is 1. The van der Waals surface area contributed by atoms with E-state index in [4.69, 9.17) is 9.84 Å². The van der Waals surface area contributed by atoms with Gasteiger partial charge in [-0.05, 0) is 30.4 Å². The molecule has 1 N–H and O–H groups in total. The molecule has 5 nitrogen and oxygen atoms in total. The Hall–Kier alpha value is -1.88. The first-order valence-electron chi connectivity index (χ1n) is 7.38. The molecule has 21 heavy (non-hydrogen) atoms. The lowest BCUT2D eigenvalue weighted by atomic mass is 9.82. The van der Waals surface area contributed by atoms with Gasteiger partial charge in [0, 0.05) is 6.54 Å². The lowest BCUT2D eigenvalue weighted by Crippen LogP contribution is -2.50. The Labute approximate surface area is 123 Å². The van der Waals surface area contributed by atoms with Crippen LogP contribution in [-0.4, -0.2) is 47.7 Å². The van der Waals surface area contributed by atoms with Gasteiger partial charge in [0.25, 0.3) is 0 Å². The quantitative estimate of drug-likeness (QED) is 0.894. The number of aliphatic carboxylic acids is 1. The van der Waals surface area contributed by atoms with Crippen molar-refractivity contribution < 1.29 is 19.4 Å². The summed E-state index contributed by atoms with van der Waals surface area (Å²) in [7, 11) is 0. The van der Waals surface area contributed by atoms with Gasteiger partial charge in [-0.25, -0.2) is 4.79 Å². The topological polar surface area (TPSA) is 66.8 Å². The Morgan fingerprint density at radius 2 is 2.10 bits per heavy atom. The van der Waals surface area contributed by atoms with E-state index in [1.54, 1.807) is 4.90 Å². The van der Waals surface area contributed by atoms with Crippen molar-refractivity contribution in [1.82, 2.24) is 4.90 Å². The van der Waals surface area contributed by atoms with Crippen LogP contribution in [0.2, 0.25) is 0 Å². The van der Waals surface area contributed by atoms with Gasteiger partial charge in [-0.3, -0.25) is 4.79 Å². The highest BCUT2D eigenvalue weighted by Gasteiger charge is 2.34. The van der Waals surface area contributed by atoms with E-state index in [0.717, 1.165) is 24.8 Å². The van der Waals surface area contributed by atoms with Crippen molar-refractivity contribution in [1.29, 1.82) is 0 Å². The van der Waals surface area contributed by atoms with Gasteiger partial charge in [-0.15, -0.1) is 0 Å². The zero-order valence-corrected chi connectivity index (χ0v) is 11.8. The van der Waals surface area contributed by atoms with E-state index < -0.39 is 12.1 Å². The van der Waals surface area contributed by atoms with Crippen molar-refractivity contribution >= 4 is 11.9 Å². The van der Waals surface area contributed by atoms with Crippen LogP contribution in [0, 0.1) is 0 Å². The Balaban J connectivity index is 1.78. The second-order valence-electron chi connectivity index (χ2n) is 5.63. The van der Waals surface area contributed by atoms with Crippen LogP contribution in [0.15, 0.2) is 24.3 Å². The molecule has 2 atom stereocenters. The molecule has 5 heteroatoms. The summed E-state index contributed by atoms with van der Waals surface area (Å²) in [5.41, 5.74) is 2.34. The number of aryl methyl sites for hydroxylation is 1. The minimum Gasteiger partial charge on any atom is -0.479 e. The second kappa shape index (κ2) is 5.85. The molecule has 0 saturated carbocycles. The lowest BCUT2D eigenvalue weighted by Gasteiger charge is -2.35. The van der Waals surface area contributed by atoms with E-state index >= 15 is 0 Å². The number of ether oxygens (including phenoxy) is 1. The largest absolute Gasteiger partial charge is 0.479 e. The molecule has 0 aromatic heterocycles. The Kier molecular flexibility index (Phi) is 3.92. The van der Waals surface area contributed by atoms with E-state index in [-0.39, 0.29) is 25.0 Å². The van der Waals surface area contributed by atoms with Crippen LogP contribution in [-0.2, 0) is 20.7 Å². The van der Waals surface area contributed by atoms with Crippen LogP contribution in [0.1, 0.15) is 29.9 Å². The van der Waals surface area contributed by atoms with Gasteiger partial charge in [0.05, 0.1) is 19.1 Å². The minimum absolute atomic E-state index is 0.0386. The first kappa shape index (κ1) is 14.1. The number of carboxylic acids is 1. The molecular formula is C16H19NO4. The summed E-state index contributed by atoms with van der Waals surface area (Å²) in [5.74, 6) is -1.10. The molecule has 1 fully saturated rings. The number of carbonyl (C=O) groups is 2. The molecule has 1 saturated heterocycles. The van der Waals surface area contributed by atoms with Crippen LogP contribution >= 0.6 is 0 Å². The normalized spacial score (nSPS) is 25.2. The van der Waals surface area contributed by atoms with E-state index in [2.05, 4.69) is 6.07 Å². The lowest BCUT2D eigenvalue weighted by molar-refractivity contribution is -0.159. The summed E-state index contributed by atoms with van der Waals surface area (Å²) in [4.78, 5) is 25.4. The van der Waals surface area contributed by atoms with Crippen molar-refractivity contribution in [3.8, 4) is 0 Å². The van der Waals surface area contributed by atoms with Gasteiger partial charge in [-0.2, -0.15) is 0 Å². The molecule has 112 valence electrons.